The van der Waals surface area contributed by atoms with E-state index in [0.717, 1.165) is 12.8 Å². The predicted molar refractivity (Wildman–Crippen MR) is 59.4 cm³/mol. The summed E-state index contributed by atoms with van der Waals surface area (Å²) in [6, 6.07) is -0.491. The molecular formula is C10H19NO2S. The summed E-state index contributed by atoms with van der Waals surface area (Å²) < 4.78 is 5.31. The molecule has 1 atom stereocenters. The van der Waals surface area contributed by atoms with Crippen molar-refractivity contribution in [1.29, 1.82) is 0 Å². The van der Waals surface area contributed by atoms with Crippen LogP contribution in [0.1, 0.15) is 38.5 Å². The van der Waals surface area contributed by atoms with Crippen molar-refractivity contribution < 1.29 is 9.53 Å². The maximum Gasteiger partial charge on any atom is 0.323 e. The van der Waals surface area contributed by atoms with Crippen LogP contribution in [0.4, 0.5) is 0 Å². The molecule has 0 aliphatic heterocycles. The molecule has 0 aromatic carbocycles. The summed E-state index contributed by atoms with van der Waals surface area (Å²) in [6.07, 6.45) is 6.30. The zero-order valence-electron chi connectivity index (χ0n) is 8.45. The largest absolute Gasteiger partial charge is 0.461 e. The van der Waals surface area contributed by atoms with Gasteiger partial charge in [0.2, 0.25) is 0 Å². The molecule has 82 valence electrons. The highest BCUT2D eigenvalue weighted by atomic mass is 32.1. The van der Waals surface area contributed by atoms with E-state index in [9.17, 15) is 4.79 Å². The lowest BCUT2D eigenvalue weighted by atomic mass is 9.98. The number of carbonyl (C=O) groups is 1. The lowest BCUT2D eigenvalue weighted by Crippen LogP contribution is -2.35. The SMILES string of the molecule is N[C@@H](CCS)C(=O)OC1CCCCC1. The van der Waals surface area contributed by atoms with Gasteiger partial charge in [-0.25, -0.2) is 0 Å². The molecule has 0 unspecified atom stereocenters. The van der Waals surface area contributed by atoms with Gasteiger partial charge >= 0.3 is 5.97 Å². The monoisotopic (exact) mass is 217 g/mol. The van der Waals surface area contributed by atoms with Crippen LogP contribution in [-0.4, -0.2) is 23.9 Å². The Morgan fingerprint density at radius 2 is 2.07 bits per heavy atom. The van der Waals surface area contributed by atoms with E-state index in [-0.39, 0.29) is 12.1 Å². The number of thiol groups is 1. The van der Waals surface area contributed by atoms with Gasteiger partial charge < -0.3 is 10.5 Å². The zero-order chi connectivity index (χ0) is 10.4. The second-order valence-electron chi connectivity index (χ2n) is 3.82. The molecular weight excluding hydrogens is 198 g/mol. The summed E-state index contributed by atoms with van der Waals surface area (Å²) in [7, 11) is 0. The third-order valence-corrected chi connectivity index (χ3v) is 2.84. The van der Waals surface area contributed by atoms with Crippen LogP contribution in [0.25, 0.3) is 0 Å². The smallest absolute Gasteiger partial charge is 0.323 e. The molecule has 3 nitrogen and oxygen atoms in total. The Bertz CT molecular complexity index is 181. The highest BCUT2D eigenvalue weighted by Gasteiger charge is 2.21. The lowest BCUT2D eigenvalue weighted by Gasteiger charge is -2.23. The standard InChI is InChI=1S/C10H19NO2S/c11-9(6-7-14)10(12)13-8-4-2-1-3-5-8/h8-9,14H,1-7,11H2/t9-/m0/s1. The highest BCUT2D eigenvalue weighted by Crippen LogP contribution is 2.20. The van der Waals surface area contributed by atoms with Crippen molar-refractivity contribution in [2.24, 2.45) is 5.73 Å². The fourth-order valence-corrected chi connectivity index (χ4v) is 1.97. The van der Waals surface area contributed by atoms with Crippen molar-refractivity contribution in [3.05, 3.63) is 0 Å². The first-order valence-electron chi connectivity index (χ1n) is 5.31. The van der Waals surface area contributed by atoms with Gasteiger partial charge in [0, 0.05) is 0 Å². The minimum Gasteiger partial charge on any atom is -0.461 e. The minimum absolute atomic E-state index is 0.113. The van der Waals surface area contributed by atoms with Gasteiger partial charge in [-0.3, -0.25) is 4.79 Å². The Morgan fingerprint density at radius 1 is 1.43 bits per heavy atom. The number of hydrogen-bond acceptors (Lipinski definition) is 4. The third-order valence-electron chi connectivity index (χ3n) is 2.58. The van der Waals surface area contributed by atoms with Crippen molar-refractivity contribution >= 4 is 18.6 Å². The first-order chi connectivity index (χ1) is 6.74. The summed E-state index contributed by atoms with van der Waals surface area (Å²) in [5.41, 5.74) is 5.62. The van der Waals surface area contributed by atoms with E-state index in [1.165, 1.54) is 19.3 Å². The molecule has 14 heavy (non-hydrogen) atoms. The number of nitrogens with two attached hydrogens (primary N) is 1. The number of hydrogen-bond donors (Lipinski definition) is 2. The quantitative estimate of drug-likeness (QED) is 0.554. The van der Waals surface area contributed by atoms with Gasteiger partial charge in [-0.05, 0) is 37.9 Å². The number of ether oxygens (including phenoxy) is 1. The summed E-state index contributed by atoms with van der Waals surface area (Å²) in [6.45, 7) is 0. The second kappa shape index (κ2) is 6.30. The van der Waals surface area contributed by atoms with Gasteiger partial charge in [-0.15, -0.1) is 0 Å². The van der Waals surface area contributed by atoms with Crippen molar-refractivity contribution in [3.63, 3.8) is 0 Å². The lowest BCUT2D eigenvalue weighted by molar-refractivity contribution is -0.152. The van der Waals surface area contributed by atoms with E-state index in [0.29, 0.717) is 12.2 Å². The zero-order valence-corrected chi connectivity index (χ0v) is 9.34. The summed E-state index contributed by atoms with van der Waals surface area (Å²) in [5, 5.41) is 0. The molecule has 0 saturated heterocycles. The van der Waals surface area contributed by atoms with Gasteiger partial charge in [0.1, 0.15) is 12.1 Å². The van der Waals surface area contributed by atoms with E-state index in [4.69, 9.17) is 10.5 Å². The molecule has 0 aromatic rings. The van der Waals surface area contributed by atoms with Crippen LogP contribution in [-0.2, 0) is 9.53 Å². The maximum absolute atomic E-state index is 11.4. The van der Waals surface area contributed by atoms with E-state index in [1.54, 1.807) is 0 Å². The fourth-order valence-electron chi connectivity index (χ4n) is 1.69. The van der Waals surface area contributed by atoms with Crippen LogP contribution in [0.15, 0.2) is 0 Å². The van der Waals surface area contributed by atoms with Crippen LogP contribution in [0.2, 0.25) is 0 Å². The van der Waals surface area contributed by atoms with Gasteiger partial charge in [-0.1, -0.05) is 6.42 Å². The molecule has 1 saturated carbocycles. The molecule has 0 spiro atoms. The molecule has 0 radical (unpaired) electrons. The molecule has 1 aliphatic rings. The molecule has 1 aliphatic carbocycles. The second-order valence-corrected chi connectivity index (χ2v) is 4.26. The topological polar surface area (TPSA) is 52.3 Å². The van der Waals surface area contributed by atoms with Crippen LogP contribution < -0.4 is 5.73 Å². The Kier molecular flexibility index (Phi) is 5.33. The average molecular weight is 217 g/mol. The van der Waals surface area contributed by atoms with Gasteiger partial charge in [0.15, 0.2) is 0 Å². The third kappa shape index (κ3) is 3.88. The molecule has 1 rings (SSSR count). The Balaban J connectivity index is 2.24. The molecule has 0 aromatic heterocycles. The Labute approximate surface area is 90.8 Å². The van der Waals surface area contributed by atoms with Gasteiger partial charge in [-0.2, -0.15) is 12.6 Å². The minimum atomic E-state index is -0.491. The summed E-state index contributed by atoms with van der Waals surface area (Å²) >= 11 is 4.03. The molecule has 0 amide bonds. The van der Waals surface area contributed by atoms with Crippen molar-refractivity contribution in [2.75, 3.05) is 5.75 Å². The maximum atomic E-state index is 11.4. The van der Waals surface area contributed by atoms with Gasteiger partial charge in [0.05, 0.1) is 0 Å². The van der Waals surface area contributed by atoms with Crippen LogP contribution in [0.3, 0.4) is 0 Å². The molecule has 0 heterocycles. The number of esters is 1. The Morgan fingerprint density at radius 3 is 2.64 bits per heavy atom. The van der Waals surface area contributed by atoms with Crippen molar-refractivity contribution in [1.82, 2.24) is 0 Å². The van der Waals surface area contributed by atoms with Crippen molar-refractivity contribution in [3.8, 4) is 0 Å². The van der Waals surface area contributed by atoms with E-state index >= 15 is 0 Å². The summed E-state index contributed by atoms with van der Waals surface area (Å²) in [4.78, 5) is 11.4. The van der Waals surface area contributed by atoms with Crippen LogP contribution >= 0.6 is 12.6 Å². The average Bonchev–Trinajstić information content (AvgIpc) is 2.19. The normalized spacial score (nSPS) is 20.4. The number of rotatable bonds is 4. The van der Waals surface area contributed by atoms with Crippen LogP contribution in [0.5, 0.6) is 0 Å². The van der Waals surface area contributed by atoms with Crippen LogP contribution in [0, 0.1) is 0 Å². The fraction of sp³-hybridized carbons (Fsp3) is 0.900. The first kappa shape index (κ1) is 11.9. The number of carbonyl (C=O) groups excluding carboxylic acids is 1. The van der Waals surface area contributed by atoms with Crippen molar-refractivity contribution in [2.45, 2.75) is 50.7 Å². The molecule has 2 N–H and O–H groups in total. The van der Waals surface area contributed by atoms with E-state index < -0.39 is 6.04 Å². The Hall–Kier alpha value is -0.220. The highest BCUT2D eigenvalue weighted by molar-refractivity contribution is 7.80. The predicted octanol–water partition coefficient (Wildman–Crippen LogP) is 1.51. The van der Waals surface area contributed by atoms with Gasteiger partial charge in [0.25, 0.3) is 0 Å². The van der Waals surface area contributed by atoms with E-state index in [1.807, 2.05) is 0 Å². The summed E-state index contributed by atoms with van der Waals surface area (Å²) in [5.74, 6) is 0.368. The molecule has 4 heteroatoms. The molecule has 1 fully saturated rings. The molecule has 0 bridgehead atoms. The van der Waals surface area contributed by atoms with E-state index in [2.05, 4.69) is 12.6 Å². The first-order valence-corrected chi connectivity index (χ1v) is 5.94.